The fourth-order valence-electron chi connectivity index (χ4n) is 1.66. The number of aromatic amines is 1. The molecule has 1 aromatic heterocycles. The Kier molecular flexibility index (Phi) is 3.89. The maximum absolute atomic E-state index is 13.5. The summed E-state index contributed by atoms with van der Waals surface area (Å²) in [7, 11) is 0. The molecule has 1 heterocycles. The van der Waals surface area contributed by atoms with Gasteiger partial charge in [-0.05, 0) is 18.6 Å². The first-order valence-electron chi connectivity index (χ1n) is 5.79. The number of H-pyrrole nitrogens is 1. The monoisotopic (exact) mass is 265 g/mol. The Morgan fingerprint density at radius 3 is 2.84 bits per heavy atom. The lowest BCUT2D eigenvalue weighted by molar-refractivity contribution is 0.0950. The van der Waals surface area contributed by atoms with Crippen LogP contribution in [0.5, 0.6) is 0 Å². The van der Waals surface area contributed by atoms with Gasteiger partial charge >= 0.3 is 0 Å². The molecule has 0 aliphatic heterocycles. The van der Waals surface area contributed by atoms with Gasteiger partial charge < -0.3 is 10.3 Å². The Balaban J connectivity index is 1.98. The molecule has 0 aliphatic rings. The van der Waals surface area contributed by atoms with E-state index in [2.05, 4.69) is 15.3 Å². The number of benzene rings is 1. The van der Waals surface area contributed by atoms with Crippen molar-refractivity contribution in [1.82, 2.24) is 15.3 Å². The van der Waals surface area contributed by atoms with E-state index >= 15 is 0 Å². The summed E-state index contributed by atoms with van der Waals surface area (Å²) in [4.78, 5) is 18.5. The molecule has 0 unspecified atom stereocenters. The van der Waals surface area contributed by atoms with Crippen LogP contribution in [0, 0.1) is 18.6 Å². The van der Waals surface area contributed by atoms with Gasteiger partial charge in [-0.1, -0.05) is 0 Å². The maximum Gasteiger partial charge on any atom is 0.254 e. The van der Waals surface area contributed by atoms with Crippen LogP contribution in [0.2, 0.25) is 0 Å². The first-order valence-corrected chi connectivity index (χ1v) is 5.79. The fraction of sp³-hybridized carbons (Fsp3) is 0.231. The predicted molar refractivity (Wildman–Crippen MR) is 65.7 cm³/mol. The van der Waals surface area contributed by atoms with Gasteiger partial charge in [0, 0.05) is 30.9 Å². The zero-order chi connectivity index (χ0) is 13.8. The van der Waals surface area contributed by atoms with Gasteiger partial charge in [0.05, 0.1) is 11.9 Å². The first kappa shape index (κ1) is 13.2. The van der Waals surface area contributed by atoms with Gasteiger partial charge in [0.2, 0.25) is 0 Å². The van der Waals surface area contributed by atoms with E-state index < -0.39 is 17.5 Å². The van der Waals surface area contributed by atoms with Crippen LogP contribution in [0.1, 0.15) is 21.6 Å². The number of carbonyl (C=O) groups excluding carboxylic acids is 1. The summed E-state index contributed by atoms with van der Waals surface area (Å²) in [5, 5.41) is 2.58. The highest BCUT2D eigenvalue weighted by atomic mass is 19.1. The Hall–Kier alpha value is -2.24. The molecule has 0 bridgehead atoms. The third-order valence-electron chi connectivity index (χ3n) is 2.73. The second-order valence-electron chi connectivity index (χ2n) is 4.16. The van der Waals surface area contributed by atoms with Crippen LogP contribution < -0.4 is 5.32 Å². The van der Waals surface area contributed by atoms with Gasteiger partial charge in [-0.2, -0.15) is 0 Å². The van der Waals surface area contributed by atoms with E-state index in [4.69, 9.17) is 0 Å². The lowest BCUT2D eigenvalue weighted by Gasteiger charge is -2.07. The van der Waals surface area contributed by atoms with E-state index in [1.165, 1.54) is 13.0 Å². The summed E-state index contributed by atoms with van der Waals surface area (Å²) in [5.41, 5.74) is 0.958. The highest BCUT2D eigenvalue weighted by Gasteiger charge is 2.14. The van der Waals surface area contributed by atoms with Gasteiger partial charge in [-0.15, -0.1) is 0 Å². The number of nitrogens with one attached hydrogen (secondary N) is 2. The smallest absolute Gasteiger partial charge is 0.254 e. The molecule has 0 radical (unpaired) electrons. The summed E-state index contributed by atoms with van der Waals surface area (Å²) in [6, 6.07) is 1.93. The zero-order valence-corrected chi connectivity index (χ0v) is 10.3. The summed E-state index contributed by atoms with van der Waals surface area (Å²) in [6.45, 7) is 1.83. The SMILES string of the molecule is Cc1cc(C(=O)NCCc2cnc[nH]2)c(F)cc1F. The summed E-state index contributed by atoms with van der Waals surface area (Å²) >= 11 is 0. The number of nitrogens with zero attached hydrogens (tertiary/aromatic N) is 1. The third kappa shape index (κ3) is 3.15. The number of hydrogen-bond donors (Lipinski definition) is 2. The van der Waals surface area contributed by atoms with Crippen molar-refractivity contribution in [1.29, 1.82) is 0 Å². The van der Waals surface area contributed by atoms with E-state index in [0.29, 0.717) is 13.0 Å². The molecule has 0 saturated heterocycles. The maximum atomic E-state index is 13.5. The lowest BCUT2D eigenvalue weighted by atomic mass is 10.1. The quantitative estimate of drug-likeness (QED) is 0.888. The Labute approximate surface area is 108 Å². The highest BCUT2D eigenvalue weighted by Crippen LogP contribution is 2.14. The molecule has 100 valence electrons. The van der Waals surface area contributed by atoms with Crippen LogP contribution in [0.25, 0.3) is 0 Å². The molecule has 0 atom stereocenters. The van der Waals surface area contributed by atoms with Gasteiger partial charge in [-0.3, -0.25) is 4.79 Å². The first-order chi connectivity index (χ1) is 9.08. The minimum atomic E-state index is -0.859. The van der Waals surface area contributed by atoms with E-state index in [9.17, 15) is 13.6 Å². The van der Waals surface area contributed by atoms with E-state index in [1.807, 2.05) is 0 Å². The second-order valence-corrected chi connectivity index (χ2v) is 4.16. The molecule has 2 aromatic rings. The summed E-state index contributed by atoms with van der Waals surface area (Å²) in [6.07, 6.45) is 3.75. The van der Waals surface area contributed by atoms with E-state index in [1.54, 1.807) is 12.5 Å². The molecular weight excluding hydrogens is 252 g/mol. The molecule has 2 rings (SSSR count). The minimum absolute atomic E-state index is 0.150. The number of halogens is 2. The van der Waals surface area contributed by atoms with Crippen LogP contribution >= 0.6 is 0 Å². The predicted octanol–water partition coefficient (Wildman–Crippen LogP) is 1.97. The van der Waals surface area contributed by atoms with Crippen LogP contribution in [-0.2, 0) is 6.42 Å². The normalized spacial score (nSPS) is 10.5. The van der Waals surface area contributed by atoms with Crippen molar-refractivity contribution in [3.05, 3.63) is 53.1 Å². The van der Waals surface area contributed by atoms with Crippen molar-refractivity contribution in [2.45, 2.75) is 13.3 Å². The van der Waals surface area contributed by atoms with Crippen LogP contribution in [0.4, 0.5) is 8.78 Å². The summed E-state index contributed by atoms with van der Waals surface area (Å²) < 4.78 is 26.5. The second kappa shape index (κ2) is 5.60. The van der Waals surface area contributed by atoms with Crippen molar-refractivity contribution in [3.8, 4) is 0 Å². The van der Waals surface area contributed by atoms with Gasteiger partial charge in [-0.25, -0.2) is 13.8 Å². The molecule has 0 aliphatic carbocycles. The molecular formula is C13H13F2N3O. The Morgan fingerprint density at radius 2 is 2.16 bits per heavy atom. The van der Waals surface area contributed by atoms with Gasteiger partial charge in [0.1, 0.15) is 11.6 Å². The average molecular weight is 265 g/mol. The Morgan fingerprint density at radius 1 is 1.37 bits per heavy atom. The van der Waals surface area contributed by atoms with Crippen LogP contribution in [0.15, 0.2) is 24.7 Å². The molecule has 1 aromatic carbocycles. The molecule has 6 heteroatoms. The number of carbonyl (C=O) groups is 1. The van der Waals surface area contributed by atoms with Crippen molar-refractivity contribution in [2.75, 3.05) is 6.54 Å². The number of amides is 1. The number of hydrogen-bond acceptors (Lipinski definition) is 2. The number of aryl methyl sites for hydroxylation is 1. The number of aromatic nitrogens is 2. The summed E-state index contributed by atoms with van der Waals surface area (Å²) in [5.74, 6) is -2.08. The topological polar surface area (TPSA) is 57.8 Å². The van der Waals surface area contributed by atoms with Gasteiger partial charge in [0.25, 0.3) is 5.91 Å². The molecule has 19 heavy (non-hydrogen) atoms. The zero-order valence-electron chi connectivity index (χ0n) is 10.3. The molecule has 4 nitrogen and oxygen atoms in total. The highest BCUT2D eigenvalue weighted by molar-refractivity contribution is 5.94. The molecule has 0 saturated carbocycles. The van der Waals surface area contributed by atoms with Crippen molar-refractivity contribution < 1.29 is 13.6 Å². The van der Waals surface area contributed by atoms with Gasteiger partial charge in [0.15, 0.2) is 0 Å². The number of imidazole rings is 1. The Bertz CT molecular complexity index is 582. The average Bonchev–Trinajstić information content (AvgIpc) is 2.86. The molecule has 1 amide bonds. The van der Waals surface area contributed by atoms with E-state index in [-0.39, 0.29) is 11.1 Å². The van der Waals surface area contributed by atoms with E-state index in [0.717, 1.165) is 11.8 Å². The van der Waals surface area contributed by atoms with Crippen LogP contribution in [-0.4, -0.2) is 22.4 Å². The lowest BCUT2D eigenvalue weighted by Crippen LogP contribution is -2.26. The van der Waals surface area contributed by atoms with Crippen molar-refractivity contribution in [3.63, 3.8) is 0 Å². The molecule has 2 N–H and O–H groups in total. The largest absolute Gasteiger partial charge is 0.352 e. The third-order valence-corrected chi connectivity index (χ3v) is 2.73. The molecule has 0 fully saturated rings. The molecule has 0 spiro atoms. The van der Waals surface area contributed by atoms with Crippen LogP contribution in [0.3, 0.4) is 0 Å². The number of rotatable bonds is 4. The van der Waals surface area contributed by atoms with Crippen molar-refractivity contribution in [2.24, 2.45) is 0 Å². The standard InChI is InChI=1S/C13H13F2N3O/c1-8-4-10(12(15)5-11(8)14)13(19)17-3-2-9-6-16-7-18-9/h4-7H,2-3H2,1H3,(H,16,18)(H,17,19). The van der Waals surface area contributed by atoms with Crippen molar-refractivity contribution >= 4 is 5.91 Å². The minimum Gasteiger partial charge on any atom is -0.352 e. The fourth-order valence-corrected chi connectivity index (χ4v) is 1.66.